The van der Waals surface area contributed by atoms with Crippen molar-refractivity contribution in [2.24, 2.45) is 0 Å². The molecule has 4 heteroatoms. The average molecular weight is 371 g/mol. The molecule has 0 atom stereocenters. The first kappa shape index (κ1) is 16.4. The summed E-state index contributed by atoms with van der Waals surface area (Å²) in [5.74, 6) is 0. The molecule has 1 aliphatic heterocycles. The summed E-state index contributed by atoms with van der Waals surface area (Å²) in [6.07, 6.45) is 0. The monoisotopic (exact) mass is 371 g/mol. The number of rotatable bonds is 2. The Morgan fingerprint density at radius 3 is 2.14 bits per heavy atom. The van der Waals surface area contributed by atoms with E-state index in [4.69, 9.17) is 15.1 Å². The highest BCUT2D eigenvalue weighted by molar-refractivity contribution is 6.62. The van der Waals surface area contributed by atoms with Gasteiger partial charge in [0.2, 0.25) is 0 Å². The lowest BCUT2D eigenvalue weighted by atomic mass is 9.78. The van der Waals surface area contributed by atoms with E-state index in [0.29, 0.717) is 11.6 Å². The standard InChI is InChI=1S/C24H23BO3/c1-23(2)24(3,4)28-25(27-23)18-12-9-16(10-13-18)17-11-14-22-20(15-17)19-7-5-6-8-21(19)26-22/h5-15H,1-4H3/i14D. The van der Waals surface area contributed by atoms with Crippen molar-refractivity contribution in [1.29, 1.82) is 0 Å². The molecule has 1 aliphatic rings. The molecule has 1 fully saturated rings. The van der Waals surface area contributed by atoms with Crippen LogP contribution in [0.25, 0.3) is 33.1 Å². The Kier molecular flexibility index (Phi) is 3.50. The maximum absolute atomic E-state index is 8.42. The Hall–Kier alpha value is -2.56. The molecule has 0 radical (unpaired) electrons. The molecule has 28 heavy (non-hydrogen) atoms. The van der Waals surface area contributed by atoms with E-state index in [2.05, 4.69) is 45.9 Å². The normalized spacial score (nSPS) is 18.7. The minimum absolute atomic E-state index is 0.357. The maximum Gasteiger partial charge on any atom is 0.494 e. The van der Waals surface area contributed by atoms with Gasteiger partial charge in [0.1, 0.15) is 11.2 Å². The lowest BCUT2D eigenvalue weighted by Crippen LogP contribution is -2.41. The lowest BCUT2D eigenvalue weighted by molar-refractivity contribution is 0.00578. The molecule has 0 spiro atoms. The largest absolute Gasteiger partial charge is 0.494 e. The van der Waals surface area contributed by atoms with E-state index in [1.54, 1.807) is 0 Å². The van der Waals surface area contributed by atoms with Crippen LogP contribution < -0.4 is 5.46 Å². The van der Waals surface area contributed by atoms with E-state index in [1.807, 2.05) is 42.5 Å². The third-order valence-electron chi connectivity index (χ3n) is 6.06. The van der Waals surface area contributed by atoms with Gasteiger partial charge < -0.3 is 13.7 Å². The number of hydrogen-bond donors (Lipinski definition) is 0. The molecule has 0 N–H and O–H groups in total. The molecule has 0 aliphatic carbocycles. The SMILES string of the molecule is [2H]c1cc(-c2ccc(B3OC(C)(C)C(C)(C)O3)cc2)cc2c1oc1ccccc12. The fourth-order valence-corrected chi connectivity index (χ4v) is 3.63. The zero-order valence-corrected chi connectivity index (χ0v) is 16.6. The van der Waals surface area contributed by atoms with Crippen LogP contribution in [-0.2, 0) is 9.31 Å². The summed E-state index contributed by atoms with van der Waals surface area (Å²) in [6.45, 7) is 8.23. The van der Waals surface area contributed by atoms with Crippen LogP contribution in [0, 0.1) is 0 Å². The van der Waals surface area contributed by atoms with Gasteiger partial charge in [-0.15, -0.1) is 0 Å². The second-order valence-electron chi connectivity index (χ2n) is 8.44. The molecule has 0 bridgehead atoms. The predicted octanol–water partition coefficient (Wildman–Crippen LogP) is 5.55. The maximum atomic E-state index is 8.42. The molecule has 1 saturated heterocycles. The van der Waals surface area contributed by atoms with Crippen LogP contribution in [-0.4, -0.2) is 18.3 Å². The van der Waals surface area contributed by atoms with Crippen LogP contribution in [0.15, 0.2) is 71.1 Å². The summed E-state index contributed by atoms with van der Waals surface area (Å²) < 4.78 is 26.6. The molecule has 0 amide bonds. The van der Waals surface area contributed by atoms with Gasteiger partial charge >= 0.3 is 7.12 Å². The summed E-state index contributed by atoms with van der Waals surface area (Å²) in [5.41, 5.74) is 3.76. The summed E-state index contributed by atoms with van der Waals surface area (Å²) in [5, 5.41) is 2.00. The predicted molar refractivity (Wildman–Crippen MR) is 115 cm³/mol. The highest BCUT2D eigenvalue weighted by Gasteiger charge is 2.51. The highest BCUT2D eigenvalue weighted by Crippen LogP contribution is 2.37. The van der Waals surface area contributed by atoms with E-state index in [1.165, 1.54) is 0 Å². The van der Waals surface area contributed by atoms with E-state index in [0.717, 1.165) is 32.9 Å². The minimum Gasteiger partial charge on any atom is -0.456 e. The average Bonchev–Trinajstić information content (AvgIpc) is 3.16. The zero-order chi connectivity index (χ0) is 20.4. The number of furan rings is 1. The van der Waals surface area contributed by atoms with Crippen molar-refractivity contribution >= 4 is 34.5 Å². The lowest BCUT2D eigenvalue weighted by Gasteiger charge is -2.32. The van der Waals surface area contributed by atoms with Crippen LogP contribution in [0.3, 0.4) is 0 Å². The third kappa shape index (κ3) is 2.68. The third-order valence-corrected chi connectivity index (χ3v) is 6.06. The fraction of sp³-hybridized carbons (Fsp3) is 0.250. The molecule has 140 valence electrons. The van der Waals surface area contributed by atoms with Gasteiger partial charge in [-0.25, -0.2) is 0 Å². The summed E-state index contributed by atoms with van der Waals surface area (Å²) in [7, 11) is -0.374. The Morgan fingerprint density at radius 2 is 1.43 bits per heavy atom. The first-order chi connectivity index (χ1) is 13.7. The first-order valence-electron chi connectivity index (χ1n) is 10.1. The van der Waals surface area contributed by atoms with E-state index in [9.17, 15) is 0 Å². The van der Waals surface area contributed by atoms with Crippen molar-refractivity contribution in [3.8, 4) is 11.1 Å². The molecule has 1 aromatic heterocycles. The summed E-state index contributed by atoms with van der Waals surface area (Å²) in [4.78, 5) is 0. The quantitative estimate of drug-likeness (QED) is 0.433. The van der Waals surface area contributed by atoms with Crippen molar-refractivity contribution in [3.63, 3.8) is 0 Å². The molecule has 4 aromatic rings. The summed E-state index contributed by atoms with van der Waals surface area (Å²) in [6, 6.07) is 20.5. The van der Waals surface area contributed by atoms with Gasteiger partial charge in [-0.3, -0.25) is 0 Å². The van der Waals surface area contributed by atoms with Gasteiger partial charge in [0.15, 0.2) is 0 Å². The smallest absolute Gasteiger partial charge is 0.456 e. The van der Waals surface area contributed by atoms with Crippen molar-refractivity contribution in [2.45, 2.75) is 38.9 Å². The first-order valence-corrected chi connectivity index (χ1v) is 9.63. The highest BCUT2D eigenvalue weighted by atomic mass is 16.7. The van der Waals surface area contributed by atoms with Gasteiger partial charge in [-0.1, -0.05) is 48.5 Å². The number of hydrogen-bond acceptors (Lipinski definition) is 3. The van der Waals surface area contributed by atoms with Gasteiger partial charge in [-0.2, -0.15) is 0 Å². The molecular weight excluding hydrogens is 347 g/mol. The van der Waals surface area contributed by atoms with Crippen LogP contribution in [0.5, 0.6) is 0 Å². The Morgan fingerprint density at radius 1 is 0.750 bits per heavy atom. The van der Waals surface area contributed by atoms with E-state index in [-0.39, 0.29) is 18.3 Å². The molecule has 3 aromatic carbocycles. The second-order valence-corrected chi connectivity index (χ2v) is 8.44. The van der Waals surface area contributed by atoms with Crippen LogP contribution >= 0.6 is 0 Å². The number of fused-ring (bicyclic) bond motifs is 3. The second kappa shape index (κ2) is 5.97. The van der Waals surface area contributed by atoms with Crippen molar-refractivity contribution in [1.82, 2.24) is 0 Å². The van der Waals surface area contributed by atoms with Gasteiger partial charge in [0.25, 0.3) is 0 Å². The van der Waals surface area contributed by atoms with E-state index >= 15 is 0 Å². The minimum atomic E-state index is -0.374. The molecule has 0 unspecified atom stereocenters. The Balaban J connectivity index is 1.52. The summed E-state index contributed by atoms with van der Waals surface area (Å²) >= 11 is 0. The van der Waals surface area contributed by atoms with Crippen LogP contribution in [0.1, 0.15) is 29.1 Å². The van der Waals surface area contributed by atoms with Crippen molar-refractivity contribution < 1.29 is 15.1 Å². The molecule has 2 heterocycles. The van der Waals surface area contributed by atoms with E-state index < -0.39 is 0 Å². The number of benzene rings is 3. The Labute approximate surface area is 166 Å². The van der Waals surface area contributed by atoms with Crippen LogP contribution in [0.4, 0.5) is 0 Å². The van der Waals surface area contributed by atoms with Crippen LogP contribution in [0.2, 0.25) is 0 Å². The topological polar surface area (TPSA) is 31.6 Å². The zero-order valence-electron chi connectivity index (χ0n) is 17.6. The molecule has 0 saturated carbocycles. The fourth-order valence-electron chi connectivity index (χ4n) is 3.63. The molecule has 3 nitrogen and oxygen atoms in total. The molecule has 5 rings (SSSR count). The Bertz CT molecular complexity index is 1210. The van der Waals surface area contributed by atoms with Gasteiger partial charge in [0, 0.05) is 10.8 Å². The molecular formula is C24H23BO3. The number of para-hydroxylation sites is 1. The van der Waals surface area contributed by atoms with Crippen molar-refractivity contribution in [2.75, 3.05) is 0 Å². The van der Waals surface area contributed by atoms with Crippen molar-refractivity contribution in [3.05, 3.63) is 66.7 Å². The van der Waals surface area contributed by atoms with Gasteiger partial charge in [-0.05, 0) is 62.5 Å². The van der Waals surface area contributed by atoms with Gasteiger partial charge in [0.05, 0.1) is 12.6 Å².